The Morgan fingerprint density at radius 2 is 1.00 bits per heavy atom. The van der Waals surface area contributed by atoms with Crippen LogP contribution in [0.3, 0.4) is 0 Å². The van der Waals surface area contributed by atoms with Crippen LogP contribution in [0.25, 0.3) is 0 Å². The summed E-state index contributed by atoms with van der Waals surface area (Å²) in [5.74, 6) is 1.54. The molecular weight excluding hydrogens is 248 g/mol. The molecule has 0 spiro atoms. The highest BCUT2D eigenvalue weighted by molar-refractivity contribution is 5.39. The van der Waals surface area contributed by atoms with Crippen LogP contribution in [0.5, 0.6) is 11.5 Å². The minimum atomic E-state index is 0.769. The molecule has 3 rings (SSSR count). The summed E-state index contributed by atoms with van der Waals surface area (Å²) in [4.78, 5) is 0. The third kappa shape index (κ3) is 6.64. The molecule has 0 saturated heterocycles. The maximum atomic E-state index is 5.01. The molecule has 0 bridgehead atoms. The normalized spacial score (nSPS) is 13.3. The Morgan fingerprint density at radius 1 is 0.650 bits per heavy atom. The molecule has 0 atom stereocenters. The molecule has 0 N–H and O–H groups in total. The van der Waals surface area contributed by atoms with Crippen LogP contribution >= 0.6 is 0 Å². The van der Waals surface area contributed by atoms with E-state index in [9.17, 15) is 0 Å². The zero-order valence-corrected chi connectivity index (χ0v) is 12.2. The lowest BCUT2D eigenvalue weighted by molar-refractivity contribution is 0.355. The second kappa shape index (κ2) is 10.7. The Hall–Kier alpha value is -2.22. The molecule has 2 aliphatic rings. The first-order chi connectivity index (χ1) is 9.88. The molecule has 0 aromatic heterocycles. The van der Waals surface area contributed by atoms with E-state index >= 15 is 0 Å². The first-order valence-corrected chi connectivity index (χ1v) is 6.69. The Kier molecular flexibility index (Phi) is 8.46. The SMILES string of the molecule is C1=CCC=C1.C1=CCC=C1.COc1ccccc1OC. The van der Waals surface area contributed by atoms with Crippen molar-refractivity contribution in [2.75, 3.05) is 14.2 Å². The van der Waals surface area contributed by atoms with Crippen molar-refractivity contribution < 1.29 is 9.47 Å². The first kappa shape index (κ1) is 15.8. The smallest absolute Gasteiger partial charge is 0.160 e. The number of para-hydroxylation sites is 2. The number of rotatable bonds is 2. The van der Waals surface area contributed by atoms with Gasteiger partial charge >= 0.3 is 0 Å². The average molecular weight is 270 g/mol. The quantitative estimate of drug-likeness (QED) is 0.775. The van der Waals surface area contributed by atoms with Crippen molar-refractivity contribution in [3.05, 3.63) is 72.9 Å². The fraction of sp³-hybridized carbons (Fsp3) is 0.222. The summed E-state index contributed by atoms with van der Waals surface area (Å²) < 4.78 is 10.0. The van der Waals surface area contributed by atoms with Gasteiger partial charge in [-0.15, -0.1) is 0 Å². The van der Waals surface area contributed by atoms with Gasteiger partial charge in [0.15, 0.2) is 11.5 Å². The van der Waals surface area contributed by atoms with E-state index < -0.39 is 0 Å². The molecule has 0 amide bonds. The van der Waals surface area contributed by atoms with Gasteiger partial charge in [0.05, 0.1) is 14.2 Å². The van der Waals surface area contributed by atoms with E-state index in [0.717, 1.165) is 24.3 Å². The van der Waals surface area contributed by atoms with Gasteiger partial charge < -0.3 is 9.47 Å². The van der Waals surface area contributed by atoms with Crippen molar-refractivity contribution in [1.82, 2.24) is 0 Å². The van der Waals surface area contributed by atoms with Crippen molar-refractivity contribution in [3.63, 3.8) is 0 Å². The number of hydrogen-bond donors (Lipinski definition) is 0. The molecule has 20 heavy (non-hydrogen) atoms. The Labute approximate surface area is 121 Å². The second-order valence-electron chi connectivity index (χ2n) is 4.04. The maximum Gasteiger partial charge on any atom is 0.160 e. The van der Waals surface area contributed by atoms with E-state index in [2.05, 4.69) is 48.6 Å². The summed E-state index contributed by atoms with van der Waals surface area (Å²) in [5.41, 5.74) is 0. The lowest BCUT2D eigenvalue weighted by Crippen LogP contribution is -1.88. The molecule has 1 aromatic carbocycles. The Bertz CT molecular complexity index is 417. The molecule has 0 saturated carbocycles. The van der Waals surface area contributed by atoms with Gasteiger partial charge in [0.25, 0.3) is 0 Å². The van der Waals surface area contributed by atoms with Crippen molar-refractivity contribution in [1.29, 1.82) is 0 Å². The predicted octanol–water partition coefficient (Wildman–Crippen LogP) is 4.71. The van der Waals surface area contributed by atoms with Crippen LogP contribution in [0.1, 0.15) is 12.8 Å². The molecule has 2 nitrogen and oxygen atoms in total. The number of ether oxygens (including phenoxy) is 2. The summed E-state index contributed by atoms with van der Waals surface area (Å²) in [5, 5.41) is 0. The molecule has 0 radical (unpaired) electrons. The van der Waals surface area contributed by atoms with Crippen LogP contribution in [0, 0.1) is 0 Å². The fourth-order valence-corrected chi connectivity index (χ4v) is 1.57. The van der Waals surface area contributed by atoms with Crippen molar-refractivity contribution in [3.8, 4) is 11.5 Å². The van der Waals surface area contributed by atoms with E-state index in [0.29, 0.717) is 0 Å². The molecule has 0 fully saturated rings. The second-order valence-corrected chi connectivity index (χ2v) is 4.04. The van der Waals surface area contributed by atoms with Gasteiger partial charge in [0, 0.05) is 0 Å². The summed E-state index contributed by atoms with van der Waals surface area (Å²) >= 11 is 0. The summed E-state index contributed by atoms with van der Waals surface area (Å²) in [6.45, 7) is 0. The van der Waals surface area contributed by atoms with E-state index in [4.69, 9.17) is 9.47 Å². The zero-order valence-electron chi connectivity index (χ0n) is 12.2. The predicted molar refractivity (Wildman–Crippen MR) is 85.3 cm³/mol. The van der Waals surface area contributed by atoms with Gasteiger partial charge in [0.1, 0.15) is 0 Å². The summed E-state index contributed by atoms with van der Waals surface area (Å²) in [6, 6.07) is 7.53. The zero-order chi connectivity index (χ0) is 14.5. The van der Waals surface area contributed by atoms with Crippen molar-refractivity contribution >= 4 is 0 Å². The third-order valence-electron chi connectivity index (χ3n) is 2.60. The first-order valence-electron chi connectivity index (χ1n) is 6.69. The number of methoxy groups -OCH3 is 2. The molecule has 1 aromatic rings. The van der Waals surface area contributed by atoms with Gasteiger partial charge in [0.2, 0.25) is 0 Å². The highest BCUT2D eigenvalue weighted by Crippen LogP contribution is 2.24. The van der Waals surface area contributed by atoms with Crippen molar-refractivity contribution in [2.45, 2.75) is 12.8 Å². The van der Waals surface area contributed by atoms with E-state index in [1.807, 2.05) is 24.3 Å². The van der Waals surface area contributed by atoms with Gasteiger partial charge in [-0.05, 0) is 25.0 Å². The summed E-state index contributed by atoms with van der Waals surface area (Å²) in [6.07, 6.45) is 19.0. The van der Waals surface area contributed by atoms with Crippen LogP contribution in [0.4, 0.5) is 0 Å². The third-order valence-corrected chi connectivity index (χ3v) is 2.60. The monoisotopic (exact) mass is 270 g/mol. The lowest BCUT2D eigenvalue weighted by Gasteiger charge is -2.04. The lowest BCUT2D eigenvalue weighted by atomic mass is 10.3. The maximum absolute atomic E-state index is 5.01. The van der Waals surface area contributed by atoms with E-state index in [1.54, 1.807) is 14.2 Å². The average Bonchev–Trinajstić information content (AvgIpc) is 3.23. The summed E-state index contributed by atoms with van der Waals surface area (Å²) in [7, 11) is 3.25. The fourth-order valence-electron chi connectivity index (χ4n) is 1.57. The number of hydrogen-bond acceptors (Lipinski definition) is 2. The van der Waals surface area contributed by atoms with Gasteiger partial charge in [-0.2, -0.15) is 0 Å². The largest absolute Gasteiger partial charge is 0.493 e. The molecular formula is C18H22O2. The molecule has 0 heterocycles. The standard InChI is InChI=1S/C8H10O2.2C5H6/c1-9-7-5-3-4-6-8(7)10-2;2*1-2-4-5-3-1/h3-6H,1-2H3;2*1-4H,5H2. The highest BCUT2D eigenvalue weighted by atomic mass is 16.5. The number of benzene rings is 1. The topological polar surface area (TPSA) is 18.5 Å². The Morgan fingerprint density at radius 3 is 1.20 bits per heavy atom. The molecule has 2 aliphatic carbocycles. The minimum Gasteiger partial charge on any atom is -0.493 e. The van der Waals surface area contributed by atoms with Gasteiger partial charge in [-0.1, -0.05) is 60.7 Å². The van der Waals surface area contributed by atoms with Crippen LogP contribution in [-0.2, 0) is 0 Å². The van der Waals surface area contributed by atoms with E-state index in [-0.39, 0.29) is 0 Å². The van der Waals surface area contributed by atoms with Crippen LogP contribution < -0.4 is 9.47 Å². The van der Waals surface area contributed by atoms with E-state index in [1.165, 1.54) is 0 Å². The molecule has 106 valence electrons. The molecule has 2 heteroatoms. The van der Waals surface area contributed by atoms with Gasteiger partial charge in [-0.25, -0.2) is 0 Å². The highest BCUT2D eigenvalue weighted by Gasteiger charge is 1.97. The molecule has 0 unspecified atom stereocenters. The van der Waals surface area contributed by atoms with Crippen LogP contribution in [0.2, 0.25) is 0 Å². The van der Waals surface area contributed by atoms with Crippen LogP contribution in [0.15, 0.2) is 72.9 Å². The van der Waals surface area contributed by atoms with Crippen molar-refractivity contribution in [2.24, 2.45) is 0 Å². The number of allylic oxidation sites excluding steroid dienone is 8. The van der Waals surface area contributed by atoms with Crippen LogP contribution in [-0.4, -0.2) is 14.2 Å². The minimum absolute atomic E-state index is 0.769. The Balaban J connectivity index is 0.000000167. The molecule has 0 aliphatic heterocycles. The van der Waals surface area contributed by atoms with Gasteiger partial charge in [-0.3, -0.25) is 0 Å².